The van der Waals surface area contributed by atoms with Gasteiger partial charge >= 0.3 is 0 Å². The van der Waals surface area contributed by atoms with Crippen molar-refractivity contribution < 1.29 is 5.11 Å². The van der Waals surface area contributed by atoms with Crippen molar-refractivity contribution in [3.8, 4) is 6.07 Å². The molecule has 2 saturated carbocycles. The predicted octanol–water partition coefficient (Wildman–Crippen LogP) is 4.43. The Kier molecular flexibility index (Phi) is 4.56. The van der Waals surface area contributed by atoms with Crippen molar-refractivity contribution in [2.45, 2.75) is 83.7 Å². The second-order valence-electron chi connectivity index (χ2n) is 6.84. The zero-order valence-corrected chi connectivity index (χ0v) is 12.6. The highest BCUT2D eigenvalue weighted by molar-refractivity contribution is 5.16. The molecule has 0 aromatic rings. The SMILES string of the molecule is CCC1CCCC(C#N)(C2(O)CCCCC2CC)C1. The first-order valence-electron chi connectivity index (χ1n) is 8.25. The van der Waals surface area contributed by atoms with E-state index in [-0.39, 0.29) is 0 Å². The molecule has 0 amide bonds. The van der Waals surface area contributed by atoms with E-state index >= 15 is 0 Å². The first-order valence-corrected chi connectivity index (χ1v) is 8.25. The Morgan fingerprint density at radius 2 is 1.89 bits per heavy atom. The molecule has 0 aromatic carbocycles. The molecule has 108 valence electrons. The van der Waals surface area contributed by atoms with Crippen LogP contribution in [0.15, 0.2) is 0 Å². The quantitative estimate of drug-likeness (QED) is 0.818. The summed E-state index contributed by atoms with van der Waals surface area (Å²) in [7, 11) is 0. The molecule has 1 N–H and O–H groups in total. The Morgan fingerprint density at radius 3 is 2.53 bits per heavy atom. The Bertz CT molecular complexity index is 348. The minimum Gasteiger partial charge on any atom is -0.388 e. The summed E-state index contributed by atoms with van der Waals surface area (Å²) in [5.41, 5.74) is -1.18. The van der Waals surface area contributed by atoms with Gasteiger partial charge in [-0.05, 0) is 37.5 Å². The summed E-state index contributed by atoms with van der Waals surface area (Å²) in [5, 5.41) is 21.3. The number of nitriles is 1. The Morgan fingerprint density at radius 1 is 1.11 bits per heavy atom. The van der Waals surface area contributed by atoms with Gasteiger partial charge in [0.25, 0.3) is 0 Å². The van der Waals surface area contributed by atoms with E-state index in [1.54, 1.807) is 0 Å². The lowest BCUT2D eigenvalue weighted by atomic mass is 9.53. The summed E-state index contributed by atoms with van der Waals surface area (Å²) in [5.74, 6) is 0.966. The maximum Gasteiger partial charge on any atom is 0.0865 e. The van der Waals surface area contributed by atoms with Gasteiger partial charge in [0.15, 0.2) is 0 Å². The molecule has 0 heterocycles. The van der Waals surface area contributed by atoms with Crippen LogP contribution in [0.2, 0.25) is 0 Å². The summed E-state index contributed by atoms with van der Waals surface area (Å²) < 4.78 is 0. The fraction of sp³-hybridized carbons (Fsp3) is 0.941. The molecule has 19 heavy (non-hydrogen) atoms. The smallest absolute Gasteiger partial charge is 0.0865 e. The Balaban J connectivity index is 2.30. The van der Waals surface area contributed by atoms with Gasteiger partial charge in [0.2, 0.25) is 0 Å². The van der Waals surface area contributed by atoms with Crippen molar-refractivity contribution >= 4 is 0 Å². The molecule has 4 atom stereocenters. The summed E-state index contributed by atoms with van der Waals surface area (Å²) in [6.45, 7) is 4.40. The third-order valence-electron chi connectivity index (χ3n) is 6.00. The van der Waals surface area contributed by atoms with Crippen LogP contribution in [-0.2, 0) is 0 Å². The second kappa shape index (κ2) is 5.83. The van der Waals surface area contributed by atoms with Gasteiger partial charge in [-0.1, -0.05) is 52.4 Å². The fourth-order valence-electron chi connectivity index (χ4n) is 4.73. The fourth-order valence-corrected chi connectivity index (χ4v) is 4.73. The normalized spacial score (nSPS) is 43.7. The average Bonchev–Trinajstić information content (AvgIpc) is 2.47. The van der Waals surface area contributed by atoms with Gasteiger partial charge in [0.05, 0.1) is 17.1 Å². The zero-order chi connectivity index (χ0) is 13.9. The minimum atomic E-state index is -0.720. The van der Waals surface area contributed by atoms with Crippen molar-refractivity contribution in [2.24, 2.45) is 17.3 Å². The lowest BCUT2D eigenvalue weighted by Gasteiger charge is -2.52. The van der Waals surface area contributed by atoms with Crippen LogP contribution in [0.3, 0.4) is 0 Å². The molecular weight excluding hydrogens is 234 g/mol. The van der Waals surface area contributed by atoms with Crippen LogP contribution in [0.25, 0.3) is 0 Å². The summed E-state index contributed by atoms with van der Waals surface area (Å²) in [4.78, 5) is 0. The van der Waals surface area contributed by atoms with Gasteiger partial charge in [-0.2, -0.15) is 5.26 Å². The molecule has 0 bridgehead atoms. The first kappa shape index (κ1) is 14.9. The standard InChI is InChI=1S/C17H29NO/c1-3-14-8-7-10-16(12-14,13-18)17(19)11-6-5-9-15(17)4-2/h14-15,19H,3-12H2,1-2H3. The highest BCUT2D eigenvalue weighted by Gasteiger charge is 2.56. The molecule has 0 saturated heterocycles. The summed E-state index contributed by atoms with van der Waals surface area (Å²) in [6.07, 6.45) is 10.6. The third-order valence-corrected chi connectivity index (χ3v) is 6.00. The van der Waals surface area contributed by atoms with Gasteiger partial charge in [0, 0.05) is 0 Å². The number of nitrogens with zero attached hydrogens (tertiary/aromatic N) is 1. The van der Waals surface area contributed by atoms with E-state index in [4.69, 9.17) is 0 Å². The maximum atomic E-state index is 11.4. The molecular formula is C17H29NO. The van der Waals surface area contributed by atoms with Crippen molar-refractivity contribution in [1.29, 1.82) is 5.26 Å². The van der Waals surface area contributed by atoms with Crippen molar-refractivity contribution in [1.82, 2.24) is 0 Å². The molecule has 2 nitrogen and oxygen atoms in total. The van der Waals surface area contributed by atoms with E-state index in [0.29, 0.717) is 11.8 Å². The van der Waals surface area contributed by atoms with E-state index < -0.39 is 11.0 Å². The molecule has 0 aromatic heterocycles. The molecule has 2 fully saturated rings. The van der Waals surface area contributed by atoms with Gasteiger partial charge in [-0.3, -0.25) is 0 Å². The van der Waals surface area contributed by atoms with Crippen molar-refractivity contribution in [2.75, 3.05) is 0 Å². The first-order chi connectivity index (χ1) is 9.12. The maximum absolute atomic E-state index is 11.4. The minimum absolute atomic E-state index is 0.330. The van der Waals surface area contributed by atoms with Crippen LogP contribution in [0, 0.1) is 28.6 Å². The number of hydrogen-bond acceptors (Lipinski definition) is 2. The summed E-state index contributed by atoms with van der Waals surface area (Å²) in [6, 6.07) is 2.61. The Hall–Kier alpha value is -0.550. The monoisotopic (exact) mass is 263 g/mol. The molecule has 2 aliphatic carbocycles. The van der Waals surface area contributed by atoms with E-state index in [2.05, 4.69) is 19.9 Å². The molecule has 0 radical (unpaired) electrons. The van der Waals surface area contributed by atoms with E-state index in [1.165, 1.54) is 12.8 Å². The predicted molar refractivity (Wildman–Crippen MR) is 77.5 cm³/mol. The largest absolute Gasteiger partial charge is 0.388 e. The van der Waals surface area contributed by atoms with E-state index in [1.807, 2.05) is 0 Å². The lowest BCUT2D eigenvalue weighted by Crippen LogP contribution is -2.56. The van der Waals surface area contributed by atoms with Crippen LogP contribution in [0.5, 0.6) is 0 Å². The molecule has 2 heteroatoms. The topological polar surface area (TPSA) is 44.0 Å². The number of rotatable bonds is 3. The van der Waals surface area contributed by atoms with E-state index in [0.717, 1.165) is 51.4 Å². The molecule has 4 unspecified atom stereocenters. The molecule has 2 rings (SSSR count). The van der Waals surface area contributed by atoms with Gasteiger partial charge in [0.1, 0.15) is 0 Å². The van der Waals surface area contributed by atoms with Crippen LogP contribution >= 0.6 is 0 Å². The van der Waals surface area contributed by atoms with E-state index in [9.17, 15) is 10.4 Å². The number of aliphatic hydroxyl groups is 1. The molecule has 0 spiro atoms. The van der Waals surface area contributed by atoms with Crippen LogP contribution in [-0.4, -0.2) is 10.7 Å². The van der Waals surface area contributed by atoms with Crippen LogP contribution < -0.4 is 0 Å². The zero-order valence-electron chi connectivity index (χ0n) is 12.6. The highest BCUT2D eigenvalue weighted by Crippen LogP contribution is 2.55. The number of hydrogen-bond donors (Lipinski definition) is 1. The lowest BCUT2D eigenvalue weighted by molar-refractivity contribution is -0.143. The molecule has 2 aliphatic rings. The van der Waals surface area contributed by atoms with Gasteiger partial charge < -0.3 is 5.11 Å². The second-order valence-corrected chi connectivity index (χ2v) is 6.84. The molecule has 0 aliphatic heterocycles. The van der Waals surface area contributed by atoms with Crippen LogP contribution in [0.4, 0.5) is 0 Å². The van der Waals surface area contributed by atoms with Gasteiger partial charge in [-0.25, -0.2) is 0 Å². The average molecular weight is 263 g/mol. The van der Waals surface area contributed by atoms with Crippen LogP contribution in [0.1, 0.15) is 78.1 Å². The van der Waals surface area contributed by atoms with Gasteiger partial charge in [-0.15, -0.1) is 0 Å². The van der Waals surface area contributed by atoms with Crippen molar-refractivity contribution in [3.63, 3.8) is 0 Å². The highest BCUT2D eigenvalue weighted by atomic mass is 16.3. The summed E-state index contributed by atoms with van der Waals surface area (Å²) >= 11 is 0. The third kappa shape index (κ3) is 2.42. The Labute approximate surface area is 118 Å². The van der Waals surface area contributed by atoms with Crippen molar-refractivity contribution in [3.05, 3.63) is 0 Å².